The van der Waals surface area contributed by atoms with Gasteiger partial charge in [0.05, 0.1) is 0 Å². The van der Waals surface area contributed by atoms with E-state index in [0.29, 0.717) is 0 Å². The van der Waals surface area contributed by atoms with Gasteiger partial charge in [-0.05, 0) is 41.6 Å². The second-order valence-corrected chi connectivity index (χ2v) is 4.25. The van der Waals surface area contributed by atoms with Crippen molar-refractivity contribution < 1.29 is 4.74 Å². The first-order valence-electron chi connectivity index (χ1n) is 4.25. The topological polar surface area (TPSA) is 39.4 Å². The maximum absolute atomic E-state index is 5.21. The Morgan fingerprint density at radius 3 is 3.00 bits per heavy atom. The van der Waals surface area contributed by atoms with Crippen LogP contribution in [0.3, 0.4) is 0 Å². The van der Waals surface area contributed by atoms with Gasteiger partial charge in [-0.15, -0.1) is 10.2 Å². The Bertz CT molecular complexity index is 454. The molecule has 0 saturated heterocycles. The van der Waals surface area contributed by atoms with E-state index < -0.39 is 0 Å². The van der Waals surface area contributed by atoms with Crippen molar-refractivity contribution in [2.45, 2.75) is 13.0 Å². The van der Waals surface area contributed by atoms with Crippen LogP contribution in [0.2, 0.25) is 0 Å². The molecule has 0 unspecified atom stereocenters. The van der Waals surface area contributed by atoms with Gasteiger partial charge in [0.2, 0.25) is 0 Å². The zero-order valence-electron chi connectivity index (χ0n) is 7.94. The van der Waals surface area contributed by atoms with E-state index in [4.69, 9.17) is 4.74 Å². The average Bonchev–Trinajstić information content (AvgIpc) is 2.59. The number of nitrogens with zero attached hydrogens (tertiary/aromatic N) is 3. The lowest BCUT2D eigenvalue weighted by Crippen LogP contribution is -2.02. The molecule has 2 rings (SSSR count). The number of fused-ring (bicyclic) bond motifs is 1. The fourth-order valence-electron chi connectivity index (χ4n) is 1.27. The smallest absolute Gasteiger partial charge is 0.166 e. The minimum absolute atomic E-state index is 0.0370. The Kier molecular flexibility index (Phi) is 2.69. The van der Waals surface area contributed by atoms with E-state index in [2.05, 4.69) is 32.8 Å². The van der Waals surface area contributed by atoms with Crippen molar-refractivity contribution in [3.63, 3.8) is 0 Å². The minimum atomic E-state index is -0.0370. The van der Waals surface area contributed by atoms with Gasteiger partial charge in [0.15, 0.2) is 11.5 Å². The summed E-state index contributed by atoms with van der Waals surface area (Å²) in [6.45, 7) is 1.95. The summed E-state index contributed by atoms with van der Waals surface area (Å²) in [5.41, 5.74) is 0.857. The highest BCUT2D eigenvalue weighted by molar-refractivity contribution is 14.1. The number of aromatic nitrogens is 3. The summed E-state index contributed by atoms with van der Waals surface area (Å²) in [6, 6.07) is 4.00. The summed E-state index contributed by atoms with van der Waals surface area (Å²) in [5, 5.41) is 8.17. The zero-order chi connectivity index (χ0) is 10.1. The molecule has 5 heteroatoms. The summed E-state index contributed by atoms with van der Waals surface area (Å²) in [6.07, 6.45) is 1.92. The Morgan fingerprint density at radius 2 is 2.29 bits per heavy atom. The fourth-order valence-corrected chi connectivity index (χ4v) is 1.71. The molecule has 0 aromatic carbocycles. The van der Waals surface area contributed by atoms with E-state index >= 15 is 0 Å². The third-order valence-electron chi connectivity index (χ3n) is 2.12. The van der Waals surface area contributed by atoms with E-state index in [1.165, 1.54) is 0 Å². The molecule has 0 spiro atoms. The molecule has 0 saturated carbocycles. The molecule has 14 heavy (non-hydrogen) atoms. The van der Waals surface area contributed by atoms with Crippen LogP contribution in [0.1, 0.15) is 18.9 Å². The van der Waals surface area contributed by atoms with Crippen LogP contribution in [-0.4, -0.2) is 21.7 Å². The second kappa shape index (κ2) is 3.82. The summed E-state index contributed by atoms with van der Waals surface area (Å²) >= 11 is 2.25. The van der Waals surface area contributed by atoms with Crippen LogP contribution >= 0.6 is 22.6 Å². The van der Waals surface area contributed by atoms with E-state index in [1.54, 1.807) is 7.11 Å². The Hall–Kier alpha value is -0.690. The predicted octanol–water partition coefficient (Wildman–Crippen LogP) is 2.04. The van der Waals surface area contributed by atoms with Crippen molar-refractivity contribution in [3.8, 4) is 0 Å². The zero-order valence-corrected chi connectivity index (χ0v) is 10.1. The number of ether oxygens (including phenoxy) is 1. The highest BCUT2D eigenvalue weighted by Gasteiger charge is 2.11. The van der Waals surface area contributed by atoms with Crippen LogP contribution in [0.5, 0.6) is 0 Å². The first kappa shape index (κ1) is 9.85. The van der Waals surface area contributed by atoms with E-state index in [-0.39, 0.29) is 6.10 Å². The molecule has 0 fully saturated rings. The lowest BCUT2D eigenvalue weighted by Gasteiger charge is -2.06. The molecular weight excluding hydrogens is 293 g/mol. The Balaban J connectivity index is 2.58. The molecule has 2 heterocycles. The number of hydrogen-bond acceptors (Lipinski definition) is 3. The van der Waals surface area contributed by atoms with Gasteiger partial charge in [-0.3, -0.25) is 4.40 Å². The summed E-state index contributed by atoms with van der Waals surface area (Å²) in [7, 11) is 1.67. The molecule has 0 N–H and O–H groups in total. The van der Waals surface area contributed by atoms with Crippen molar-refractivity contribution in [3.05, 3.63) is 27.7 Å². The van der Waals surface area contributed by atoms with E-state index in [0.717, 1.165) is 15.0 Å². The maximum atomic E-state index is 5.21. The molecule has 0 aliphatic rings. The van der Waals surface area contributed by atoms with Crippen LogP contribution in [-0.2, 0) is 4.74 Å². The number of rotatable bonds is 2. The minimum Gasteiger partial charge on any atom is -0.374 e. The largest absolute Gasteiger partial charge is 0.374 e. The quantitative estimate of drug-likeness (QED) is 0.797. The fraction of sp³-hybridized carbons (Fsp3) is 0.333. The van der Waals surface area contributed by atoms with Gasteiger partial charge in [-0.1, -0.05) is 0 Å². The van der Waals surface area contributed by atoms with Crippen molar-refractivity contribution in [1.82, 2.24) is 14.6 Å². The molecule has 0 radical (unpaired) electrons. The molecule has 4 nitrogen and oxygen atoms in total. The van der Waals surface area contributed by atoms with Gasteiger partial charge in [-0.2, -0.15) is 0 Å². The molecular formula is C9H10IN3O. The molecule has 2 aromatic heterocycles. The first-order chi connectivity index (χ1) is 6.72. The summed E-state index contributed by atoms with van der Waals surface area (Å²) < 4.78 is 8.30. The van der Waals surface area contributed by atoms with Crippen LogP contribution in [0.25, 0.3) is 5.65 Å². The van der Waals surface area contributed by atoms with Gasteiger partial charge in [0, 0.05) is 16.9 Å². The summed E-state index contributed by atoms with van der Waals surface area (Å²) in [4.78, 5) is 0. The van der Waals surface area contributed by atoms with E-state index in [1.807, 2.05) is 29.7 Å². The molecule has 0 amide bonds. The lowest BCUT2D eigenvalue weighted by atomic mass is 10.4. The van der Waals surface area contributed by atoms with Crippen LogP contribution in [0.4, 0.5) is 0 Å². The lowest BCUT2D eigenvalue weighted by molar-refractivity contribution is 0.111. The Labute approximate surface area is 95.4 Å². The highest BCUT2D eigenvalue weighted by atomic mass is 127. The molecule has 74 valence electrons. The predicted molar refractivity (Wildman–Crippen MR) is 61.1 cm³/mol. The Morgan fingerprint density at radius 1 is 1.50 bits per heavy atom. The van der Waals surface area contributed by atoms with Gasteiger partial charge in [0.1, 0.15) is 6.10 Å². The van der Waals surface area contributed by atoms with Crippen molar-refractivity contribution in [2.24, 2.45) is 0 Å². The van der Waals surface area contributed by atoms with E-state index in [9.17, 15) is 0 Å². The normalized spacial score (nSPS) is 13.4. The van der Waals surface area contributed by atoms with Gasteiger partial charge in [-0.25, -0.2) is 0 Å². The van der Waals surface area contributed by atoms with Crippen molar-refractivity contribution in [1.29, 1.82) is 0 Å². The standard InChI is InChI=1S/C9H10IN3O/c1-6(14-2)9-12-11-8-5-7(10)3-4-13(8)9/h3-6H,1-2H3/t6-/m0/s1. The van der Waals surface area contributed by atoms with Crippen molar-refractivity contribution in [2.75, 3.05) is 7.11 Å². The van der Waals surface area contributed by atoms with Crippen LogP contribution < -0.4 is 0 Å². The van der Waals surface area contributed by atoms with Crippen LogP contribution in [0.15, 0.2) is 18.3 Å². The molecule has 2 aromatic rings. The molecule has 1 atom stereocenters. The molecule has 0 aliphatic carbocycles. The van der Waals surface area contributed by atoms with Gasteiger partial charge < -0.3 is 4.74 Å². The number of hydrogen-bond donors (Lipinski definition) is 0. The summed E-state index contributed by atoms with van der Waals surface area (Å²) in [5.74, 6) is 0.832. The SMILES string of the molecule is CO[C@@H](C)c1nnc2cc(I)ccn12. The van der Waals surface area contributed by atoms with Crippen LogP contribution in [0, 0.1) is 3.57 Å². The number of methoxy groups -OCH3 is 1. The first-order valence-corrected chi connectivity index (χ1v) is 5.33. The number of halogens is 1. The highest BCUT2D eigenvalue weighted by Crippen LogP contribution is 2.16. The van der Waals surface area contributed by atoms with Gasteiger partial charge >= 0.3 is 0 Å². The third-order valence-corrected chi connectivity index (χ3v) is 2.79. The van der Waals surface area contributed by atoms with Crippen molar-refractivity contribution >= 4 is 28.2 Å². The van der Waals surface area contributed by atoms with Gasteiger partial charge in [0.25, 0.3) is 0 Å². The second-order valence-electron chi connectivity index (χ2n) is 3.01. The number of pyridine rings is 1. The molecule has 0 aliphatic heterocycles. The maximum Gasteiger partial charge on any atom is 0.166 e. The monoisotopic (exact) mass is 303 g/mol. The third kappa shape index (κ3) is 1.61. The molecule has 0 bridgehead atoms. The average molecular weight is 303 g/mol.